The van der Waals surface area contributed by atoms with Gasteiger partial charge in [0.1, 0.15) is 5.82 Å². The Bertz CT molecular complexity index is 561. The van der Waals surface area contributed by atoms with Crippen molar-refractivity contribution in [2.24, 2.45) is 0 Å². The first kappa shape index (κ1) is 11.7. The molecule has 1 aromatic heterocycles. The van der Waals surface area contributed by atoms with Crippen LogP contribution in [0.4, 0.5) is 0 Å². The predicted octanol–water partition coefficient (Wildman–Crippen LogP) is 3.27. The summed E-state index contributed by atoms with van der Waals surface area (Å²) in [5.74, 6) is 1.14. The Balaban J connectivity index is 2.50. The summed E-state index contributed by atoms with van der Waals surface area (Å²) in [7, 11) is 0. The minimum atomic E-state index is 0.681. The van der Waals surface area contributed by atoms with Crippen LogP contribution in [0.1, 0.15) is 38.1 Å². The van der Waals surface area contributed by atoms with Gasteiger partial charge >= 0.3 is 0 Å². The molecular weight excluding hydrogens is 210 g/mol. The van der Waals surface area contributed by atoms with Crippen LogP contribution in [0.25, 0.3) is 11.0 Å². The Kier molecular flexibility index (Phi) is 3.43. The molecule has 0 aliphatic carbocycles. The van der Waals surface area contributed by atoms with Gasteiger partial charge in [0, 0.05) is 13.0 Å². The molecule has 3 heteroatoms. The highest BCUT2D eigenvalue weighted by atomic mass is 15.1. The largest absolute Gasteiger partial charge is 0.328 e. The van der Waals surface area contributed by atoms with Crippen LogP contribution in [0.2, 0.25) is 0 Å². The maximum absolute atomic E-state index is 8.89. The average molecular weight is 227 g/mol. The number of fused-ring (bicyclic) bond motifs is 1. The van der Waals surface area contributed by atoms with Crippen molar-refractivity contribution in [1.29, 1.82) is 5.26 Å². The number of aryl methyl sites for hydroxylation is 2. The quantitative estimate of drug-likeness (QED) is 0.804. The third-order valence-corrected chi connectivity index (χ3v) is 3.03. The molecule has 0 saturated heterocycles. The first-order valence-electron chi connectivity index (χ1n) is 6.19. The molecule has 0 N–H and O–H groups in total. The molecule has 0 aliphatic heterocycles. The van der Waals surface area contributed by atoms with Gasteiger partial charge in [0.15, 0.2) is 0 Å². The fourth-order valence-corrected chi connectivity index (χ4v) is 2.13. The second kappa shape index (κ2) is 5.01. The highest BCUT2D eigenvalue weighted by Crippen LogP contribution is 2.19. The molecule has 0 amide bonds. The van der Waals surface area contributed by atoms with Gasteiger partial charge in [0.05, 0.1) is 22.7 Å². The van der Waals surface area contributed by atoms with E-state index in [0.717, 1.165) is 36.2 Å². The van der Waals surface area contributed by atoms with Crippen LogP contribution in [0.3, 0.4) is 0 Å². The molecule has 88 valence electrons. The van der Waals surface area contributed by atoms with Gasteiger partial charge < -0.3 is 4.57 Å². The molecule has 2 aromatic rings. The van der Waals surface area contributed by atoms with Gasteiger partial charge in [-0.25, -0.2) is 4.98 Å². The second-order valence-corrected chi connectivity index (χ2v) is 4.19. The Morgan fingerprint density at radius 3 is 2.82 bits per heavy atom. The third-order valence-electron chi connectivity index (χ3n) is 3.03. The summed E-state index contributed by atoms with van der Waals surface area (Å²) < 4.78 is 2.24. The van der Waals surface area contributed by atoms with Crippen molar-refractivity contribution in [2.45, 2.75) is 39.7 Å². The average Bonchev–Trinajstić information content (AvgIpc) is 2.72. The number of imidazole rings is 1. The number of benzene rings is 1. The number of aromatic nitrogens is 2. The number of hydrogen-bond acceptors (Lipinski definition) is 2. The van der Waals surface area contributed by atoms with Crippen molar-refractivity contribution in [2.75, 3.05) is 0 Å². The normalized spacial score (nSPS) is 10.6. The van der Waals surface area contributed by atoms with Gasteiger partial charge in [-0.1, -0.05) is 13.3 Å². The fourth-order valence-electron chi connectivity index (χ4n) is 2.13. The SMILES string of the molecule is CCCCc1nc2cc(C#N)ccc2n1CC. The van der Waals surface area contributed by atoms with E-state index in [4.69, 9.17) is 5.26 Å². The molecular formula is C14H17N3. The molecule has 0 spiro atoms. The zero-order chi connectivity index (χ0) is 12.3. The van der Waals surface area contributed by atoms with E-state index in [-0.39, 0.29) is 0 Å². The molecule has 2 rings (SSSR count). The van der Waals surface area contributed by atoms with Gasteiger partial charge in [0.25, 0.3) is 0 Å². The molecule has 0 atom stereocenters. The van der Waals surface area contributed by atoms with Crippen LogP contribution >= 0.6 is 0 Å². The number of hydrogen-bond donors (Lipinski definition) is 0. The predicted molar refractivity (Wildman–Crippen MR) is 68.7 cm³/mol. The lowest BCUT2D eigenvalue weighted by Crippen LogP contribution is -2.01. The van der Waals surface area contributed by atoms with Crippen LogP contribution in [0.5, 0.6) is 0 Å². The Morgan fingerprint density at radius 2 is 2.18 bits per heavy atom. The van der Waals surface area contributed by atoms with Crippen molar-refractivity contribution < 1.29 is 0 Å². The van der Waals surface area contributed by atoms with Crippen LogP contribution < -0.4 is 0 Å². The molecule has 0 unspecified atom stereocenters. The summed E-state index contributed by atoms with van der Waals surface area (Å²) in [4.78, 5) is 4.64. The highest BCUT2D eigenvalue weighted by molar-refractivity contribution is 5.77. The Labute approximate surface area is 102 Å². The number of unbranched alkanes of at least 4 members (excludes halogenated alkanes) is 1. The minimum Gasteiger partial charge on any atom is -0.328 e. The molecule has 1 aromatic carbocycles. The van der Waals surface area contributed by atoms with Crippen LogP contribution in [0.15, 0.2) is 18.2 Å². The van der Waals surface area contributed by atoms with Crippen molar-refractivity contribution in [1.82, 2.24) is 9.55 Å². The van der Waals surface area contributed by atoms with Crippen LogP contribution in [0, 0.1) is 11.3 Å². The summed E-state index contributed by atoms with van der Waals surface area (Å²) in [5.41, 5.74) is 2.76. The van der Waals surface area contributed by atoms with Crippen LogP contribution in [-0.2, 0) is 13.0 Å². The summed E-state index contributed by atoms with van der Waals surface area (Å²) in [5, 5.41) is 8.89. The van der Waals surface area contributed by atoms with Gasteiger partial charge in [-0.15, -0.1) is 0 Å². The van der Waals surface area contributed by atoms with Gasteiger partial charge in [-0.3, -0.25) is 0 Å². The van der Waals surface area contributed by atoms with E-state index in [9.17, 15) is 0 Å². The van der Waals surface area contributed by atoms with E-state index in [0.29, 0.717) is 5.56 Å². The van der Waals surface area contributed by atoms with E-state index in [1.165, 1.54) is 6.42 Å². The molecule has 3 nitrogen and oxygen atoms in total. The first-order chi connectivity index (χ1) is 8.30. The Morgan fingerprint density at radius 1 is 1.35 bits per heavy atom. The monoisotopic (exact) mass is 227 g/mol. The van der Waals surface area contributed by atoms with Crippen molar-refractivity contribution >= 4 is 11.0 Å². The molecule has 0 bridgehead atoms. The topological polar surface area (TPSA) is 41.6 Å². The van der Waals surface area contributed by atoms with E-state index in [1.54, 1.807) is 0 Å². The van der Waals surface area contributed by atoms with E-state index < -0.39 is 0 Å². The number of nitrogens with zero attached hydrogens (tertiary/aromatic N) is 3. The number of rotatable bonds is 4. The molecule has 0 saturated carbocycles. The van der Waals surface area contributed by atoms with Crippen LogP contribution in [-0.4, -0.2) is 9.55 Å². The standard InChI is InChI=1S/C14H17N3/c1-3-5-6-14-16-12-9-11(10-15)7-8-13(12)17(14)4-2/h7-9H,3-6H2,1-2H3. The summed E-state index contributed by atoms with van der Waals surface area (Å²) >= 11 is 0. The van der Waals surface area contributed by atoms with Gasteiger partial charge in [-0.2, -0.15) is 5.26 Å². The minimum absolute atomic E-state index is 0.681. The fraction of sp³-hybridized carbons (Fsp3) is 0.429. The van der Waals surface area contributed by atoms with E-state index in [1.807, 2.05) is 18.2 Å². The number of nitriles is 1. The lowest BCUT2D eigenvalue weighted by molar-refractivity contribution is 0.675. The smallest absolute Gasteiger partial charge is 0.109 e. The molecule has 0 aliphatic rings. The highest BCUT2D eigenvalue weighted by Gasteiger charge is 2.09. The maximum Gasteiger partial charge on any atom is 0.109 e. The molecule has 1 heterocycles. The Hall–Kier alpha value is -1.82. The van der Waals surface area contributed by atoms with Crippen molar-refractivity contribution in [3.05, 3.63) is 29.6 Å². The molecule has 17 heavy (non-hydrogen) atoms. The molecule has 0 radical (unpaired) electrons. The van der Waals surface area contributed by atoms with E-state index >= 15 is 0 Å². The summed E-state index contributed by atoms with van der Waals surface area (Å²) in [6.45, 7) is 5.25. The third kappa shape index (κ3) is 2.16. The second-order valence-electron chi connectivity index (χ2n) is 4.19. The maximum atomic E-state index is 8.89. The van der Waals surface area contributed by atoms with Crippen molar-refractivity contribution in [3.8, 4) is 6.07 Å². The van der Waals surface area contributed by atoms with Crippen molar-refractivity contribution in [3.63, 3.8) is 0 Å². The zero-order valence-electron chi connectivity index (χ0n) is 10.4. The van der Waals surface area contributed by atoms with E-state index in [2.05, 4.69) is 29.5 Å². The van der Waals surface area contributed by atoms with Gasteiger partial charge in [-0.05, 0) is 31.5 Å². The lowest BCUT2D eigenvalue weighted by Gasteiger charge is -2.04. The summed E-state index contributed by atoms with van der Waals surface area (Å²) in [6.07, 6.45) is 3.35. The summed E-state index contributed by atoms with van der Waals surface area (Å²) in [6, 6.07) is 7.89. The van der Waals surface area contributed by atoms with Gasteiger partial charge in [0.2, 0.25) is 0 Å². The molecule has 0 fully saturated rings. The zero-order valence-corrected chi connectivity index (χ0v) is 10.4. The first-order valence-corrected chi connectivity index (χ1v) is 6.19. The lowest BCUT2D eigenvalue weighted by atomic mass is 10.2.